The van der Waals surface area contributed by atoms with Crippen molar-refractivity contribution in [1.29, 1.82) is 0 Å². The first-order valence-electron chi connectivity index (χ1n) is 10.00. The SMILES string of the molecule is CCOC(=O)C1=C(O)C(=Cc2ccc(OC)c(OC)c2OC)SC1=Nc1ccccc1OC. The Bertz CT molecular complexity index is 1140. The monoisotopic (exact) mass is 471 g/mol. The van der Waals surface area contributed by atoms with E-state index in [1.54, 1.807) is 43.3 Å². The van der Waals surface area contributed by atoms with Crippen LogP contribution in [-0.2, 0) is 9.53 Å². The minimum Gasteiger partial charge on any atom is -0.506 e. The van der Waals surface area contributed by atoms with Crippen LogP contribution in [0.15, 0.2) is 57.6 Å². The lowest BCUT2D eigenvalue weighted by Crippen LogP contribution is -2.12. The summed E-state index contributed by atoms with van der Waals surface area (Å²) in [6.45, 7) is 1.85. The summed E-state index contributed by atoms with van der Waals surface area (Å²) in [5, 5.41) is 11.2. The Hall–Kier alpha value is -3.59. The molecule has 8 nitrogen and oxygen atoms in total. The molecular formula is C24H25NO7S. The maximum absolute atomic E-state index is 12.7. The van der Waals surface area contributed by atoms with Gasteiger partial charge in [-0.15, -0.1) is 0 Å². The second-order valence-electron chi connectivity index (χ2n) is 6.57. The van der Waals surface area contributed by atoms with Gasteiger partial charge in [-0.05, 0) is 37.3 Å². The molecule has 0 saturated heterocycles. The van der Waals surface area contributed by atoms with Gasteiger partial charge in [0.05, 0.1) is 40.0 Å². The maximum Gasteiger partial charge on any atom is 0.344 e. The molecule has 0 radical (unpaired) electrons. The number of ether oxygens (including phenoxy) is 5. The fourth-order valence-electron chi connectivity index (χ4n) is 3.20. The third-order valence-electron chi connectivity index (χ3n) is 4.70. The van der Waals surface area contributed by atoms with Crippen LogP contribution in [0, 0.1) is 0 Å². The third kappa shape index (κ3) is 4.93. The van der Waals surface area contributed by atoms with Gasteiger partial charge in [-0.25, -0.2) is 9.79 Å². The highest BCUT2D eigenvalue weighted by Crippen LogP contribution is 2.45. The predicted molar refractivity (Wildman–Crippen MR) is 128 cm³/mol. The van der Waals surface area contributed by atoms with Gasteiger partial charge in [-0.3, -0.25) is 0 Å². The van der Waals surface area contributed by atoms with E-state index in [1.807, 2.05) is 6.07 Å². The number of aliphatic hydroxyl groups excluding tert-OH is 1. The molecule has 9 heteroatoms. The fourth-order valence-corrected chi connectivity index (χ4v) is 4.22. The molecule has 0 aromatic heterocycles. The van der Waals surface area contributed by atoms with Crippen LogP contribution >= 0.6 is 11.8 Å². The minimum absolute atomic E-state index is 0.0153. The maximum atomic E-state index is 12.7. The van der Waals surface area contributed by atoms with Crippen molar-refractivity contribution in [3.8, 4) is 23.0 Å². The zero-order valence-corrected chi connectivity index (χ0v) is 19.8. The zero-order valence-electron chi connectivity index (χ0n) is 19.0. The van der Waals surface area contributed by atoms with Crippen molar-refractivity contribution >= 4 is 34.5 Å². The molecule has 0 bridgehead atoms. The molecule has 1 aliphatic rings. The Balaban J connectivity index is 2.14. The van der Waals surface area contributed by atoms with Crippen molar-refractivity contribution in [2.45, 2.75) is 6.92 Å². The lowest BCUT2D eigenvalue weighted by atomic mass is 10.1. The lowest BCUT2D eigenvalue weighted by Gasteiger charge is -2.14. The van der Waals surface area contributed by atoms with Crippen molar-refractivity contribution in [2.24, 2.45) is 4.99 Å². The van der Waals surface area contributed by atoms with Crippen LogP contribution in [0.5, 0.6) is 23.0 Å². The van der Waals surface area contributed by atoms with Crippen molar-refractivity contribution < 1.29 is 33.6 Å². The van der Waals surface area contributed by atoms with Gasteiger partial charge in [0.25, 0.3) is 0 Å². The van der Waals surface area contributed by atoms with E-state index in [2.05, 4.69) is 4.99 Å². The van der Waals surface area contributed by atoms with Gasteiger partial charge in [0.1, 0.15) is 27.8 Å². The summed E-state index contributed by atoms with van der Waals surface area (Å²) in [5.74, 6) is 0.968. The van der Waals surface area contributed by atoms with Crippen LogP contribution in [0.4, 0.5) is 5.69 Å². The summed E-state index contributed by atoms with van der Waals surface area (Å²) in [7, 11) is 6.09. The van der Waals surface area contributed by atoms with E-state index in [9.17, 15) is 9.90 Å². The number of benzene rings is 2. The minimum atomic E-state index is -0.668. The number of aliphatic hydroxyl groups is 1. The molecule has 0 spiro atoms. The molecule has 33 heavy (non-hydrogen) atoms. The van der Waals surface area contributed by atoms with E-state index in [0.29, 0.717) is 44.2 Å². The van der Waals surface area contributed by atoms with Gasteiger partial charge < -0.3 is 28.8 Å². The number of hydrogen-bond donors (Lipinski definition) is 1. The molecule has 3 rings (SSSR count). The molecule has 0 saturated carbocycles. The summed E-state index contributed by atoms with van der Waals surface area (Å²) >= 11 is 1.14. The summed E-state index contributed by atoms with van der Waals surface area (Å²) < 4.78 is 26.8. The predicted octanol–water partition coefficient (Wildman–Crippen LogP) is 4.91. The molecule has 1 heterocycles. The average molecular weight is 472 g/mol. The molecule has 0 unspecified atom stereocenters. The van der Waals surface area contributed by atoms with Gasteiger partial charge in [-0.1, -0.05) is 23.9 Å². The van der Waals surface area contributed by atoms with Crippen LogP contribution in [0.1, 0.15) is 12.5 Å². The van der Waals surface area contributed by atoms with Crippen LogP contribution in [0.2, 0.25) is 0 Å². The Morgan fingerprint density at radius 2 is 1.67 bits per heavy atom. The zero-order chi connectivity index (χ0) is 24.0. The molecule has 1 N–H and O–H groups in total. The van der Waals surface area contributed by atoms with Crippen LogP contribution in [0.25, 0.3) is 6.08 Å². The molecule has 0 atom stereocenters. The Kier molecular flexibility index (Phi) is 7.89. The van der Waals surface area contributed by atoms with Crippen molar-refractivity contribution in [3.63, 3.8) is 0 Å². The standard InChI is InChI=1S/C24H25NO7S/c1-6-32-24(27)19-20(26)18(33-23(19)25-15-9-7-8-10-16(15)28-2)13-14-11-12-17(29-3)22(31-5)21(14)30-4/h7-13,26H,6H2,1-5H3. The van der Waals surface area contributed by atoms with Gasteiger partial charge in [0, 0.05) is 5.56 Å². The molecular weight excluding hydrogens is 446 g/mol. The normalized spacial score (nSPS) is 15.7. The second-order valence-corrected chi connectivity index (χ2v) is 7.60. The van der Waals surface area contributed by atoms with E-state index < -0.39 is 5.97 Å². The van der Waals surface area contributed by atoms with Gasteiger partial charge in [-0.2, -0.15) is 0 Å². The van der Waals surface area contributed by atoms with Crippen LogP contribution in [-0.4, -0.2) is 51.2 Å². The topological polar surface area (TPSA) is 95.8 Å². The fraction of sp³-hybridized carbons (Fsp3) is 0.250. The molecule has 2 aromatic carbocycles. The summed E-state index contributed by atoms with van der Waals surface area (Å²) in [6, 6.07) is 10.6. The van der Waals surface area contributed by atoms with Crippen molar-refractivity contribution in [2.75, 3.05) is 35.0 Å². The number of hydrogen-bond acceptors (Lipinski definition) is 9. The Morgan fingerprint density at radius 3 is 2.30 bits per heavy atom. The Labute approximate surface area is 196 Å². The first-order chi connectivity index (χ1) is 16.0. The highest BCUT2D eigenvalue weighted by molar-refractivity contribution is 8.18. The van der Waals surface area contributed by atoms with Gasteiger partial charge >= 0.3 is 5.97 Å². The van der Waals surface area contributed by atoms with Gasteiger partial charge in [0.15, 0.2) is 11.5 Å². The van der Waals surface area contributed by atoms with Gasteiger partial charge in [0.2, 0.25) is 5.75 Å². The van der Waals surface area contributed by atoms with Crippen molar-refractivity contribution in [1.82, 2.24) is 0 Å². The van der Waals surface area contributed by atoms with E-state index in [-0.39, 0.29) is 17.9 Å². The number of carbonyl (C=O) groups is 1. The lowest BCUT2D eigenvalue weighted by molar-refractivity contribution is -0.138. The molecule has 2 aromatic rings. The summed E-state index contributed by atoms with van der Waals surface area (Å²) in [5.41, 5.74) is 1.12. The summed E-state index contributed by atoms with van der Waals surface area (Å²) in [6.07, 6.45) is 1.69. The molecule has 1 aliphatic heterocycles. The molecule has 0 fully saturated rings. The second kappa shape index (κ2) is 10.8. The first kappa shape index (κ1) is 24.1. The van der Waals surface area contributed by atoms with Crippen LogP contribution in [0.3, 0.4) is 0 Å². The highest BCUT2D eigenvalue weighted by Gasteiger charge is 2.34. The average Bonchev–Trinajstić information content (AvgIpc) is 3.13. The number of thioether (sulfide) groups is 1. The molecule has 174 valence electrons. The van der Waals surface area contributed by atoms with Crippen LogP contribution < -0.4 is 18.9 Å². The van der Waals surface area contributed by atoms with E-state index >= 15 is 0 Å². The number of rotatable bonds is 8. The number of para-hydroxylation sites is 2. The Morgan fingerprint density at radius 1 is 0.970 bits per heavy atom. The number of nitrogens with zero attached hydrogens (tertiary/aromatic N) is 1. The summed E-state index contributed by atoms with van der Waals surface area (Å²) in [4.78, 5) is 17.6. The first-order valence-corrected chi connectivity index (χ1v) is 10.8. The molecule has 0 amide bonds. The number of aliphatic imine (C=N–C) groups is 1. The van der Waals surface area contributed by atoms with E-state index in [4.69, 9.17) is 23.7 Å². The van der Waals surface area contributed by atoms with E-state index in [0.717, 1.165) is 11.8 Å². The largest absolute Gasteiger partial charge is 0.506 e. The molecule has 0 aliphatic carbocycles. The van der Waals surface area contributed by atoms with E-state index in [1.165, 1.54) is 28.4 Å². The highest BCUT2D eigenvalue weighted by atomic mass is 32.2. The number of esters is 1. The number of carbonyl (C=O) groups excluding carboxylic acids is 1. The quantitative estimate of drug-likeness (QED) is 0.543. The van der Waals surface area contributed by atoms with Crippen molar-refractivity contribution in [3.05, 3.63) is 58.2 Å². The number of methoxy groups -OCH3 is 4. The smallest absolute Gasteiger partial charge is 0.344 e. The third-order valence-corrected chi connectivity index (χ3v) is 5.72.